The number of methoxy groups -OCH3 is 1. The fraction of sp³-hybridized carbons (Fsp3) is 1.00. The minimum absolute atomic E-state index is 0.230. The fourth-order valence-electron chi connectivity index (χ4n) is 5.14. The summed E-state index contributed by atoms with van der Waals surface area (Å²) < 4.78 is 17.9. The van der Waals surface area contributed by atoms with Gasteiger partial charge in [0.1, 0.15) is 0 Å². The first-order valence-electron chi connectivity index (χ1n) is 8.23. The lowest BCUT2D eigenvalue weighted by Gasteiger charge is -2.60. The summed E-state index contributed by atoms with van der Waals surface area (Å²) in [5.41, 5.74) is -0.470. The van der Waals surface area contributed by atoms with Gasteiger partial charge in [0.2, 0.25) is 5.79 Å². The summed E-state index contributed by atoms with van der Waals surface area (Å²) >= 11 is 0. The van der Waals surface area contributed by atoms with Crippen LogP contribution in [0.5, 0.6) is 0 Å². The monoisotopic (exact) mass is 298 g/mol. The Bertz CT molecular complexity index is 429. The van der Waals surface area contributed by atoms with Gasteiger partial charge in [-0.05, 0) is 38.0 Å². The lowest BCUT2D eigenvalue weighted by Crippen LogP contribution is -2.70. The second kappa shape index (κ2) is 4.65. The minimum Gasteiger partial charge on any atom is -0.355 e. The van der Waals surface area contributed by atoms with Crippen LogP contribution in [0, 0.1) is 23.7 Å². The van der Waals surface area contributed by atoms with E-state index in [1.165, 1.54) is 6.42 Å². The van der Waals surface area contributed by atoms with E-state index in [2.05, 4.69) is 13.8 Å². The molecule has 0 aromatic rings. The van der Waals surface area contributed by atoms with Crippen molar-refractivity contribution in [3.63, 3.8) is 0 Å². The van der Waals surface area contributed by atoms with E-state index in [1.54, 1.807) is 7.11 Å². The van der Waals surface area contributed by atoms with Crippen molar-refractivity contribution in [3.05, 3.63) is 0 Å². The highest BCUT2D eigenvalue weighted by atomic mass is 17.3. The Kier molecular flexibility index (Phi) is 3.19. The Hall–Kier alpha value is -0.200. The lowest BCUT2D eigenvalue weighted by molar-refractivity contribution is -0.577. The molecular weight excluding hydrogens is 272 g/mol. The normalized spacial score (nSPS) is 59.4. The fourth-order valence-corrected chi connectivity index (χ4v) is 5.14. The Labute approximate surface area is 126 Å². The molecule has 0 aromatic carbocycles. The van der Waals surface area contributed by atoms with Crippen molar-refractivity contribution in [1.29, 1.82) is 0 Å². The van der Waals surface area contributed by atoms with Gasteiger partial charge in [0.05, 0.1) is 0 Å². The summed E-state index contributed by atoms with van der Waals surface area (Å²) in [5.74, 6) is 0.953. The van der Waals surface area contributed by atoms with E-state index in [1.807, 2.05) is 6.92 Å². The van der Waals surface area contributed by atoms with E-state index in [0.29, 0.717) is 17.8 Å². The average Bonchev–Trinajstić information content (AvgIpc) is 2.69. The third-order valence-electron chi connectivity index (χ3n) is 6.33. The second-order valence-corrected chi connectivity index (χ2v) is 7.51. The minimum atomic E-state index is -0.698. The van der Waals surface area contributed by atoms with E-state index in [0.717, 1.165) is 19.3 Å². The molecule has 120 valence electrons. The third-order valence-corrected chi connectivity index (χ3v) is 6.33. The Morgan fingerprint density at radius 2 is 1.86 bits per heavy atom. The molecule has 5 aliphatic rings. The van der Waals surface area contributed by atoms with Gasteiger partial charge in [0.15, 0.2) is 18.2 Å². The van der Waals surface area contributed by atoms with Gasteiger partial charge in [-0.15, -0.1) is 0 Å². The smallest absolute Gasteiger partial charge is 0.201 e. The van der Waals surface area contributed by atoms with Crippen LogP contribution in [0.1, 0.15) is 46.5 Å². The van der Waals surface area contributed by atoms with Crippen molar-refractivity contribution in [2.24, 2.45) is 23.7 Å². The quantitative estimate of drug-likeness (QED) is 0.697. The first kappa shape index (κ1) is 14.4. The SMILES string of the molecule is CO[C@H]1O[C@@H]2O[C@]3(C)CC[C@H]4[C@H](C)CCC([C@H]1C)C24OO3. The molecule has 1 aliphatic carbocycles. The summed E-state index contributed by atoms with van der Waals surface area (Å²) in [6, 6.07) is 0. The molecule has 0 radical (unpaired) electrons. The number of rotatable bonds is 1. The van der Waals surface area contributed by atoms with Crippen LogP contribution >= 0.6 is 0 Å². The van der Waals surface area contributed by atoms with E-state index >= 15 is 0 Å². The zero-order valence-electron chi connectivity index (χ0n) is 13.3. The molecule has 1 saturated carbocycles. The van der Waals surface area contributed by atoms with Crippen LogP contribution in [-0.4, -0.2) is 31.1 Å². The predicted octanol–water partition coefficient (Wildman–Crippen LogP) is 2.84. The van der Waals surface area contributed by atoms with Crippen LogP contribution in [-0.2, 0) is 24.0 Å². The van der Waals surface area contributed by atoms with Crippen molar-refractivity contribution >= 4 is 0 Å². The molecule has 4 heterocycles. The average molecular weight is 298 g/mol. The van der Waals surface area contributed by atoms with Gasteiger partial charge in [-0.2, -0.15) is 0 Å². The Morgan fingerprint density at radius 1 is 1.05 bits per heavy atom. The predicted molar refractivity (Wildman–Crippen MR) is 73.8 cm³/mol. The van der Waals surface area contributed by atoms with Crippen molar-refractivity contribution in [2.75, 3.05) is 7.11 Å². The molecule has 5 nitrogen and oxygen atoms in total. The van der Waals surface area contributed by atoms with Crippen molar-refractivity contribution in [3.8, 4) is 0 Å². The Morgan fingerprint density at radius 3 is 2.62 bits per heavy atom. The van der Waals surface area contributed by atoms with Gasteiger partial charge in [0.25, 0.3) is 0 Å². The zero-order chi connectivity index (χ0) is 14.8. The summed E-state index contributed by atoms with van der Waals surface area (Å²) in [7, 11) is 1.70. The van der Waals surface area contributed by atoms with Gasteiger partial charge < -0.3 is 14.2 Å². The van der Waals surface area contributed by atoms with Crippen molar-refractivity contribution in [1.82, 2.24) is 0 Å². The second-order valence-electron chi connectivity index (χ2n) is 7.51. The maximum atomic E-state index is 6.21. The first-order chi connectivity index (χ1) is 10.00. The molecule has 5 fully saturated rings. The summed E-state index contributed by atoms with van der Waals surface area (Å²) in [6.07, 6.45) is 3.64. The first-order valence-corrected chi connectivity index (χ1v) is 8.23. The van der Waals surface area contributed by atoms with Crippen molar-refractivity contribution < 1.29 is 24.0 Å². The maximum Gasteiger partial charge on any atom is 0.201 e. The summed E-state index contributed by atoms with van der Waals surface area (Å²) in [4.78, 5) is 11.8. The summed E-state index contributed by atoms with van der Waals surface area (Å²) in [6.45, 7) is 6.46. The molecule has 2 bridgehead atoms. The van der Waals surface area contributed by atoms with E-state index < -0.39 is 17.7 Å². The molecule has 5 heteroatoms. The number of ether oxygens (including phenoxy) is 3. The van der Waals surface area contributed by atoms with Crippen molar-refractivity contribution in [2.45, 2.75) is 70.4 Å². The van der Waals surface area contributed by atoms with Crippen LogP contribution in [0.3, 0.4) is 0 Å². The molecule has 1 spiro atoms. The van der Waals surface area contributed by atoms with E-state index in [4.69, 9.17) is 24.0 Å². The van der Waals surface area contributed by atoms with Gasteiger partial charge in [0, 0.05) is 25.4 Å². The molecule has 21 heavy (non-hydrogen) atoms. The number of hydrogen-bond acceptors (Lipinski definition) is 5. The molecule has 0 amide bonds. The molecule has 5 rings (SSSR count). The van der Waals surface area contributed by atoms with Crippen LogP contribution in [0.25, 0.3) is 0 Å². The highest BCUT2D eigenvalue weighted by Crippen LogP contribution is 2.60. The van der Waals surface area contributed by atoms with E-state index in [-0.39, 0.29) is 12.2 Å². The van der Waals surface area contributed by atoms with Crippen LogP contribution in [0.4, 0.5) is 0 Å². The molecule has 8 atom stereocenters. The highest BCUT2D eigenvalue weighted by molar-refractivity contribution is 5.08. The molecule has 4 aliphatic heterocycles. The number of fused-ring (bicyclic) bond motifs is 2. The van der Waals surface area contributed by atoms with Crippen LogP contribution < -0.4 is 0 Å². The van der Waals surface area contributed by atoms with Gasteiger partial charge >= 0.3 is 0 Å². The van der Waals surface area contributed by atoms with Gasteiger partial charge in [-0.1, -0.05) is 13.8 Å². The Balaban J connectivity index is 1.79. The standard InChI is InChI=1S/C16H26O5/c1-9-5-6-12-10(2)13(17-4)18-14-16(12)11(9)7-8-15(3,19-14)20-21-16/h9-14H,5-8H2,1-4H3/t9-,10-,11+,12?,13+,14-,15+,16?/m1/s1. The van der Waals surface area contributed by atoms with Gasteiger partial charge in [-0.3, -0.25) is 0 Å². The van der Waals surface area contributed by atoms with Gasteiger partial charge in [-0.25, -0.2) is 9.78 Å². The maximum absolute atomic E-state index is 6.21. The molecular formula is C16H26O5. The summed E-state index contributed by atoms with van der Waals surface area (Å²) in [5, 5.41) is 0. The molecule has 2 unspecified atom stereocenters. The lowest BCUT2D eigenvalue weighted by atomic mass is 9.58. The zero-order valence-corrected chi connectivity index (χ0v) is 13.3. The van der Waals surface area contributed by atoms with Crippen LogP contribution in [0.15, 0.2) is 0 Å². The molecule has 0 N–H and O–H groups in total. The number of hydrogen-bond donors (Lipinski definition) is 0. The van der Waals surface area contributed by atoms with Crippen LogP contribution in [0.2, 0.25) is 0 Å². The highest BCUT2D eigenvalue weighted by Gasteiger charge is 2.69. The molecule has 4 saturated heterocycles. The largest absolute Gasteiger partial charge is 0.355 e. The topological polar surface area (TPSA) is 46.2 Å². The molecule has 0 aromatic heterocycles. The van der Waals surface area contributed by atoms with E-state index in [9.17, 15) is 0 Å². The third kappa shape index (κ3) is 1.81.